The van der Waals surface area contributed by atoms with Gasteiger partial charge >= 0.3 is 0 Å². The Morgan fingerprint density at radius 2 is 2.06 bits per heavy atom. The number of piperidine rings is 1. The summed E-state index contributed by atoms with van der Waals surface area (Å²) in [5.41, 5.74) is 0.861. The lowest BCUT2D eigenvalue weighted by Gasteiger charge is -2.43. The summed E-state index contributed by atoms with van der Waals surface area (Å²) >= 11 is 0. The molecule has 0 spiro atoms. The molecule has 3 aliphatic rings. The molecule has 0 aliphatic carbocycles. The van der Waals surface area contributed by atoms with Crippen LogP contribution in [0, 0.1) is 11.7 Å². The van der Waals surface area contributed by atoms with Gasteiger partial charge in [-0.2, -0.15) is 0 Å². The van der Waals surface area contributed by atoms with Gasteiger partial charge in [0.2, 0.25) is 11.8 Å². The molecule has 7 nitrogen and oxygen atoms in total. The number of amides is 2. The molecule has 180 valence electrons. The Hall–Kier alpha value is -3.16. The number of rotatable bonds is 6. The van der Waals surface area contributed by atoms with Crippen molar-refractivity contribution in [1.82, 2.24) is 14.8 Å². The van der Waals surface area contributed by atoms with Gasteiger partial charge < -0.3 is 19.5 Å². The van der Waals surface area contributed by atoms with E-state index in [1.165, 1.54) is 13.2 Å². The zero-order valence-electron chi connectivity index (χ0n) is 19.4. The Bertz CT molecular complexity index is 1180. The van der Waals surface area contributed by atoms with Crippen LogP contribution in [0.25, 0.3) is 0 Å². The number of ether oxygens (including phenoxy) is 1. The van der Waals surface area contributed by atoms with Crippen LogP contribution in [0.5, 0.6) is 5.75 Å². The molecule has 34 heavy (non-hydrogen) atoms. The highest BCUT2D eigenvalue weighted by molar-refractivity contribution is 5.80. The largest absolute Gasteiger partial charge is 0.497 e. The third-order valence-electron chi connectivity index (χ3n) is 7.67. The van der Waals surface area contributed by atoms with Crippen molar-refractivity contribution in [3.8, 4) is 5.75 Å². The molecule has 5 rings (SSSR count). The highest BCUT2D eigenvalue weighted by Gasteiger charge is 2.40. The average Bonchev–Trinajstić information content (AvgIpc) is 3.20. The number of hydrogen-bond acceptors (Lipinski definition) is 4. The average molecular weight is 468 g/mol. The zero-order chi connectivity index (χ0) is 23.9. The molecule has 2 aromatic rings. The maximum atomic E-state index is 14.5. The van der Waals surface area contributed by atoms with E-state index in [9.17, 15) is 18.8 Å². The van der Waals surface area contributed by atoms with E-state index in [-0.39, 0.29) is 41.4 Å². The Kier molecular flexibility index (Phi) is 5.91. The number of halogens is 1. The predicted octanol–water partition coefficient (Wildman–Crippen LogP) is 2.61. The van der Waals surface area contributed by atoms with Crippen molar-refractivity contribution in [1.29, 1.82) is 0 Å². The highest BCUT2D eigenvalue weighted by Crippen LogP contribution is 2.36. The molecule has 2 saturated heterocycles. The summed E-state index contributed by atoms with van der Waals surface area (Å²) in [5, 5.41) is 3.04. The Morgan fingerprint density at radius 3 is 2.82 bits per heavy atom. The molecule has 1 N–H and O–H groups in total. The van der Waals surface area contributed by atoms with E-state index in [2.05, 4.69) is 5.32 Å². The van der Waals surface area contributed by atoms with Gasteiger partial charge in [-0.1, -0.05) is 6.07 Å². The molecule has 2 bridgehead atoms. The van der Waals surface area contributed by atoms with E-state index in [0.29, 0.717) is 56.6 Å². The molecule has 2 fully saturated rings. The van der Waals surface area contributed by atoms with Gasteiger partial charge in [0.25, 0.3) is 5.56 Å². The molecule has 0 saturated carbocycles. The normalized spacial score (nSPS) is 25.6. The minimum absolute atomic E-state index is 0.0238. The summed E-state index contributed by atoms with van der Waals surface area (Å²) in [5.74, 6) is 0.632. The first kappa shape index (κ1) is 22.6. The van der Waals surface area contributed by atoms with Crippen LogP contribution < -0.4 is 15.6 Å². The zero-order valence-corrected chi connectivity index (χ0v) is 19.4. The number of hydrogen-bond donors (Lipinski definition) is 1. The molecular weight excluding hydrogens is 437 g/mol. The first-order valence-corrected chi connectivity index (χ1v) is 12.0. The number of benzene rings is 1. The minimum atomic E-state index is -0.647. The number of nitrogens with zero attached hydrogens (tertiary/aromatic N) is 2. The van der Waals surface area contributed by atoms with Gasteiger partial charge in [0, 0.05) is 55.7 Å². The number of aromatic nitrogens is 1. The predicted molar refractivity (Wildman–Crippen MR) is 124 cm³/mol. The van der Waals surface area contributed by atoms with Crippen LogP contribution in [0.15, 0.2) is 41.2 Å². The van der Waals surface area contributed by atoms with E-state index in [1.54, 1.807) is 24.3 Å². The monoisotopic (exact) mass is 467 g/mol. The maximum Gasteiger partial charge on any atom is 0.250 e. The standard InChI is InChI=1S/C26H30FN3O4/c1-34-20-5-6-21(27)18(12-20)13-26(9-7-23(31)28-26)10-8-24(32)29-14-17-11-19(16-29)22-3-2-4-25(33)30(22)15-17/h2-6,12,17,19H,7-11,13-16H2,1H3,(H,28,31). The van der Waals surface area contributed by atoms with Gasteiger partial charge in [-0.25, -0.2) is 4.39 Å². The van der Waals surface area contributed by atoms with Crippen molar-refractivity contribution in [2.75, 3.05) is 20.2 Å². The number of carbonyl (C=O) groups excluding carboxylic acids is 2. The number of methoxy groups -OCH3 is 1. The SMILES string of the molecule is COc1ccc(F)c(CC2(CCC(=O)N3CC4CC(C3)c3cccc(=O)n3C4)CCC(=O)N2)c1. The van der Waals surface area contributed by atoms with E-state index in [1.807, 2.05) is 15.5 Å². The molecular formula is C26H30FN3O4. The minimum Gasteiger partial charge on any atom is -0.497 e. The molecule has 2 amide bonds. The van der Waals surface area contributed by atoms with Gasteiger partial charge in [-0.15, -0.1) is 0 Å². The van der Waals surface area contributed by atoms with E-state index < -0.39 is 5.54 Å². The Morgan fingerprint density at radius 1 is 1.21 bits per heavy atom. The van der Waals surface area contributed by atoms with Gasteiger partial charge in [0.05, 0.1) is 7.11 Å². The van der Waals surface area contributed by atoms with Crippen LogP contribution in [0.1, 0.15) is 49.3 Å². The highest BCUT2D eigenvalue weighted by atomic mass is 19.1. The Labute approximate surface area is 197 Å². The van der Waals surface area contributed by atoms with Crippen molar-refractivity contribution in [3.63, 3.8) is 0 Å². The van der Waals surface area contributed by atoms with Gasteiger partial charge in [0.1, 0.15) is 11.6 Å². The van der Waals surface area contributed by atoms with Crippen molar-refractivity contribution >= 4 is 11.8 Å². The number of fused-ring (bicyclic) bond motifs is 4. The van der Waals surface area contributed by atoms with E-state index in [4.69, 9.17) is 4.74 Å². The van der Waals surface area contributed by atoms with E-state index in [0.717, 1.165) is 12.1 Å². The van der Waals surface area contributed by atoms with Crippen molar-refractivity contribution in [3.05, 3.63) is 63.8 Å². The lowest BCUT2D eigenvalue weighted by atomic mass is 9.82. The molecule has 4 heterocycles. The quantitative estimate of drug-likeness (QED) is 0.708. The molecule has 3 unspecified atom stereocenters. The maximum absolute atomic E-state index is 14.5. The van der Waals surface area contributed by atoms with Crippen molar-refractivity contribution < 1.29 is 18.7 Å². The number of pyridine rings is 1. The number of likely N-dealkylation sites (tertiary alicyclic amines) is 1. The van der Waals surface area contributed by atoms with Crippen LogP contribution in [-0.4, -0.2) is 47.0 Å². The summed E-state index contributed by atoms with van der Waals surface area (Å²) in [4.78, 5) is 39.5. The van der Waals surface area contributed by atoms with Crippen molar-refractivity contribution in [2.45, 2.75) is 56.5 Å². The van der Waals surface area contributed by atoms with E-state index >= 15 is 0 Å². The topological polar surface area (TPSA) is 80.6 Å². The summed E-state index contributed by atoms with van der Waals surface area (Å²) in [6.45, 7) is 1.88. The number of nitrogens with one attached hydrogen (secondary N) is 1. The lowest BCUT2D eigenvalue weighted by molar-refractivity contribution is -0.134. The first-order valence-electron chi connectivity index (χ1n) is 12.0. The van der Waals surface area contributed by atoms with Crippen molar-refractivity contribution in [2.24, 2.45) is 5.92 Å². The molecule has 3 aliphatic heterocycles. The fourth-order valence-electron chi connectivity index (χ4n) is 5.96. The smallest absolute Gasteiger partial charge is 0.250 e. The van der Waals surface area contributed by atoms with Crippen LogP contribution in [0.2, 0.25) is 0 Å². The fourth-order valence-corrected chi connectivity index (χ4v) is 5.96. The molecule has 8 heteroatoms. The van der Waals surface area contributed by atoms with Gasteiger partial charge in [-0.3, -0.25) is 14.4 Å². The third-order valence-corrected chi connectivity index (χ3v) is 7.67. The third kappa shape index (κ3) is 4.33. The van der Waals surface area contributed by atoms with Crippen LogP contribution >= 0.6 is 0 Å². The summed E-state index contributed by atoms with van der Waals surface area (Å²) in [6.07, 6.45) is 2.98. The summed E-state index contributed by atoms with van der Waals surface area (Å²) in [6, 6.07) is 9.98. The second-order valence-corrected chi connectivity index (χ2v) is 9.96. The Balaban J connectivity index is 1.29. The lowest BCUT2D eigenvalue weighted by Crippen LogP contribution is -2.50. The molecule has 3 atom stereocenters. The van der Waals surface area contributed by atoms with Crippen LogP contribution in [0.4, 0.5) is 4.39 Å². The molecule has 1 aromatic carbocycles. The van der Waals surface area contributed by atoms with Gasteiger partial charge in [-0.05, 0) is 61.4 Å². The number of carbonyl (C=O) groups is 2. The second kappa shape index (κ2) is 8.89. The molecule has 1 aromatic heterocycles. The van der Waals surface area contributed by atoms with Crippen LogP contribution in [0.3, 0.4) is 0 Å². The first-order chi connectivity index (χ1) is 16.4. The summed E-state index contributed by atoms with van der Waals surface area (Å²) < 4.78 is 21.6. The fraction of sp³-hybridized carbons (Fsp3) is 0.500. The van der Waals surface area contributed by atoms with Crippen LogP contribution in [-0.2, 0) is 22.6 Å². The van der Waals surface area contributed by atoms with Gasteiger partial charge in [0.15, 0.2) is 0 Å². The second-order valence-electron chi connectivity index (χ2n) is 9.96. The molecule has 0 radical (unpaired) electrons. The summed E-state index contributed by atoms with van der Waals surface area (Å²) in [7, 11) is 1.53.